The van der Waals surface area contributed by atoms with Gasteiger partial charge in [0.1, 0.15) is 0 Å². The lowest BCUT2D eigenvalue weighted by Crippen LogP contribution is -1.62. The fourth-order valence-electron chi connectivity index (χ4n) is 0. The van der Waals surface area contributed by atoms with Crippen molar-refractivity contribution in [3.8, 4) is 0 Å². The molecule has 1 nitrogen and oxygen atoms in total. The number of unbranched alkanes of at least 4 members (excludes halogenated alkanes) is 1. The summed E-state index contributed by atoms with van der Waals surface area (Å²) >= 11 is 3.33. The van der Waals surface area contributed by atoms with Crippen molar-refractivity contribution in [2.24, 2.45) is 0 Å². The van der Waals surface area contributed by atoms with Gasteiger partial charge in [-0.25, -0.2) is 0 Å². The molecule has 0 fully saturated rings. The summed E-state index contributed by atoms with van der Waals surface area (Å²) in [4.78, 5) is 9.31. The first-order chi connectivity index (χ1) is 3.65. The van der Waals surface area contributed by atoms with Crippen molar-refractivity contribution in [3.63, 3.8) is 0 Å². The van der Waals surface area contributed by atoms with E-state index in [2.05, 4.69) is 26.5 Å². The van der Waals surface area contributed by atoms with Crippen molar-refractivity contribution in [2.45, 2.75) is 33.6 Å². The molecule has 0 bridgehead atoms. The van der Waals surface area contributed by atoms with Gasteiger partial charge in [0.2, 0.25) is 0 Å². The van der Waals surface area contributed by atoms with Crippen molar-refractivity contribution in [3.05, 3.63) is 0 Å². The molecule has 0 rings (SSSR count). The van der Waals surface area contributed by atoms with Crippen molar-refractivity contribution in [1.29, 1.82) is 0 Å². The van der Waals surface area contributed by atoms with Gasteiger partial charge in [0.15, 0.2) is 5.12 Å². The van der Waals surface area contributed by atoms with E-state index in [1.165, 1.54) is 19.8 Å². The Morgan fingerprint density at radius 2 is 1.50 bits per heavy atom. The molecule has 0 atom stereocenters. The molecule has 0 aromatic heterocycles. The van der Waals surface area contributed by atoms with Crippen LogP contribution in [0.15, 0.2) is 0 Å². The molecule has 0 saturated carbocycles. The Labute approximate surface area is 56.9 Å². The molecule has 0 amide bonds. The molecule has 0 unspecified atom stereocenters. The minimum atomic E-state index is -0.139. The zero-order chi connectivity index (χ0) is 6.99. The van der Waals surface area contributed by atoms with Crippen LogP contribution in [0, 0.1) is 0 Å². The molecule has 0 aliphatic rings. The van der Waals surface area contributed by atoms with Crippen molar-refractivity contribution in [1.82, 2.24) is 0 Å². The minimum Gasteiger partial charge on any atom is -0.288 e. The van der Waals surface area contributed by atoms with Gasteiger partial charge in [-0.05, 0) is 0 Å². The summed E-state index contributed by atoms with van der Waals surface area (Å²) in [6.07, 6.45) is 2.64. The lowest BCUT2D eigenvalue weighted by atomic mass is 10.4. The number of carbonyl (C=O) groups excluding carboxylic acids is 1. The topological polar surface area (TPSA) is 17.1 Å². The molecular weight excluding hydrogens is 120 g/mol. The third kappa shape index (κ3) is 146. The molecule has 0 heterocycles. The number of rotatable bonds is 1. The van der Waals surface area contributed by atoms with Crippen molar-refractivity contribution < 1.29 is 4.79 Å². The number of thiol groups is 1. The summed E-state index contributed by atoms with van der Waals surface area (Å²) in [6, 6.07) is 0. The SMILES string of the molecule is CC(=O)S.CCCC. The van der Waals surface area contributed by atoms with Gasteiger partial charge in [-0.1, -0.05) is 26.7 Å². The van der Waals surface area contributed by atoms with E-state index >= 15 is 0 Å². The summed E-state index contributed by atoms with van der Waals surface area (Å²) in [5.74, 6) is 0. The Morgan fingerprint density at radius 3 is 1.50 bits per heavy atom. The zero-order valence-electron chi connectivity index (χ0n) is 5.77. The second-order valence-electron chi connectivity index (χ2n) is 1.52. The molecule has 0 aromatic carbocycles. The van der Waals surface area contributed by atoms with Crippen LogP contribution >= 0.6 is 12.6 Å². The Morgan fingerprint density at radius 1 is 1.38 bits per heavy atom. The molecule has 0 N–H and O–H groups in total. The fourth-order valence-corrected chi connectivity index (χ4v) is 0. The normalized spacial score (nSPS) is 7.00. The second-order valence-corrected chi connectivity index (χ2v) is 2.15. The summed E-state index contributed by atoms with van der Waals surface area (Å²) in [5, 5.41) is -0.139. The third-order valence-corrected chi connectivity index (χ3v) is 0.500. The lowest BCUT2D eigenvalue weighted by molar-refractivity contribution is -0.108. The molecule has 2 heteroatoms. The van der Waals surface area contributed by atoms with Crippen molar-refractivity contribution >= 4 is 17.7 Å². The average molecular weight is 134 g/mol. The predicted molar refractivity (Wildman–Crippen MR) is 40.2 cm³/mol. The number of carbonyl (C=O) groups is 1. The number of hydrogen-bond acceptors (Lipinski definition) is 1. The smallest absolute Gasteiger partial charge is 0.182 e. The quantitative estimate of drug-likeness (QED) is 0.544. The molecule has 8 heavy (non-hydrogen) atoms. The molecule has 0 radical (unpaired) electrons. The van der Waals surface area contributed by atoms with Crippen LogP contribution in [-0.2, 0) is 4.79 Å². The van der Waals surface area contributed by atoms with Crippen LogP contribution in [0.25, 0.3) is 0 Å². The van der Waals surface area contributed by atoms with Crippen LogP contribution in [0.3, 0.4) is 0 Å². The molecule has 0 aliphatic heterocycles. The van der Waals surface area contributed by atoms with Crippen LogP contribution in [-0.4, -0.2) is 5.12 Å². The van der Waals surface area contributed by atoms with Gasteiger partial charge in [0.25, 0.3) is 0 Å². The van der Waals surface area contributed by atoms with E-state index in [0.29, 0.717) is 0 Å². The van der Waals surface area contributed by atoms with Gasteiger partial charge in [0.05, 0.1) is 0 Å². The Bertz CT molecular complexity index is 46.5. The minimum absolute atomic E-state index is 0.139. The second kappa shape index (κ2) is 10.1. The molecular formula is C6H14OS. The Kier molecular flexibility index (Phi) is 13.8. The molecule has 0 aliphatic carbocycles. The monoisotopic (exact) mass is 134 g/mol. The highest BCUT2D eigenvalue weighted by Gasteiger charge is 1.63. The van der Waals surface area contributed by atoms with E-state index in [9.17, 15) is 4.79 Å². The maximum absolute atomic E-state index is 9.31. The zero-order valence-corrected chi connectivity index (χ0v) is 6.66. The largest absolute Gasteiger partial charge is 0.288 e. The van der Waals surface area contributed by atoms with E-state index < -0.39 is 0 Å². The third-order valence-electron chi connectivity index (χ3n) is 0.500. The van der Waals surface area contributed by atoms with Crippen LogP contribution in [0.4, 0.5) is 0 Å². The summed E-state index contributed by atoms with van der Waals surface area (Å²) in [7, 11) is 0. The Balaban J connectivity index is 0. The van der Waals surface area contributed by atoms with Crippen LogP contribution < -0.4 is 0 Å². The van der Waals surface area contributed by atoms with E-state index in [1.54, 1.807) is 0 Å². The van der Waals surface area contributed by atoms with E-state index in [-0.39, 0.29) is 5.12 Å². The highest BCUT2D eigenvalue weighted by Crippen LogP contribution is 1.76. The lowest BCUT2D eigenvalue weighted by Gasteiger charge is -1.68. The molecule has 0 spiro atoms. The summed E-state index contributed by atoms with van der Waals surface area (Å²) in [6.45, 7) is 5.75. The molecule has 0 saturated heterocycles. The van der Waals surface area contributed by atoms with Gasteiger partial charge in [0, 0.05) is 6.92 Å². The summed E-state index contributed by atoms with van der Waals surface area (Å²) < 4.78 is 0. The van der Waals surface area contributed by atoms with Crippen LogP contribution in [0.5, 0.6) is 0 Å². The number of hydrogen-bond donors (Lipinski definition) is 1. The maximum atomic E-state index is 9.31. The van der Waals surface area contributed by atoms with Crippen molar-refractivity contribution in [2.75, 3.05) is 0 Å². The Hall–Kier alpha value is 0.0200. The maximum Gasteiger partial charge on any atom is 0.182 e. The highest BCUT2D eigenvalue weighted by molar-refractivity contribution is 7.96. The van der Waals surface area contributed by atoms with Crippen LogP contribution in [0.1, 0.15) is 33.6 Å². The standard InChI is InChI=1S/C4H10.C2H4OS/c1-3-4-2;1-2(3)4/h3-4H2,1-2H3;1H3,(H,3,4). The van der Waals surface area contributed by atoms with E-state index in [4.69, 9.17) is 0 Å². The molecule has 50 valence electrons. The van der Waals surface area contributed by atoms with E-state index in [1.807, 2.05) is 0 Å². The highest BCUT2D eigenvalue weighted by atomic mass is 32.1. The first kappa shape index (κ1) is 10.9. The van der Waals surface area contributed by atoms with Gasteiger partial charge in [-0.15, -0.1) is 12.6 Å². The van der Waals surface area contributed by atoms with Crippen LogP contribution in [0.2, 0.25) is 0 Å². The first-order valence-electron chi connectivity index (χ1n) is 2.84. The van der Waals surface area contributed by atoms with Gasteiger partial charge in [-0.3, -0.25) is 4.79 Å². The first-order valence-corrected chi connectivity index (χ1v) is 3.29. The van der Waals surface area contributed by atoms with Gasteiger partial charge >= 0.3 is 0 Å². The van der Waals surface area contributed by atoms with E-state index in [0.717, 1.165) is 0 Å². The molecule has 0 aromatic rings. The summed E-state index contributed by atoms with van der Waals surface area (Å²) in [5.41, 5.74) is 0. The van der Waals surface area contributed by atoms with Gasteiger partial charge in [-0.2, -0.15) is 0 Å². The predicted octanol–water partition coefficient (Wildman–Crippen LogP) is 2.27. The fraction of sp³-hybridized carbons (Fsp3) is 0.833. The average Bonchev–Trinajstić information content (AvgIpc) is 1.65. The van der Waals surface area contributed by atoms with Gasteiger partial charge < -0.3 is 0 Å².